The Hall–Kier alpha value is -2.24. The first-order chi connectivity index (χ1) is 12.3. The Morgan fingerprint density at radius 2 is 1.92 bits per heavy atom. The van der Waals surface area contributed by atoms with Crippen molar-refractivity contribution in [2.45, 2.75) is 25.3 Å². The van der Waals surface area contributed by atoms with Crippen molar-refractivity contribution >= 4 is 11.6 Å². The molecule has 1 aliphatic heterocycles. The monoisotopic (exact) mass is 353 g/mol. The Balaban J connectivity index is 1.38. The third kappa shape index (κ3) is 3.89. The van der Waals surface area contributed by atoms with Gasteiger partial charge in [0.25, 0.3) is 0 Å². The largest absolute Gasteiger partial charge is 0.299 e. The molecule has 1 aromatic carbocycles. The van der Waals surface area contributed by atoms with Crippen LogP contribution in [0.4, 0.5) is 0 Å². The number of hydrogen-bond acceptors (Lipinski definition) is 4. The molecule has 0 amide bonds. The van der Waals surface area contributed by atoms with Crippen molar-refractivity contribution < 1.29 is 0 Å². The zero-order valence-electron chi connectivity index (χ0n) is 13.9. The summed E-state index contributed by atoms with van der Waals surface area (Å²) in [4.78, 5) is 11.4. The molecule has 0 radical (unpaired) electrons. The standard InChI is InChI=1S/C19H20ClN5/c20-16-6-9-21-17(12-16)19-22-18(23-24-19)15-7-10-25(11-8-15)13-14-4-2-1-3-5-14/h1-6,9,12,15H,7-8,10-11,13H2,(H,22,23,24). The van der Waals surface area contributed by atoms with Crippen LogP contribution in [0, 0.1) is 0 Å². The summed E-state index contributed by atoms with van der Waals surface area (Å²) in [6.07, 6.45) is 3.85. The molecule has 128 valence electrons. The fourth-order valence-corrected chi connectivity index (χ4v) is 3.46. The van der Waals surface area contributed by atoms with E-state index in [2.05, 4.69) is 55.4 Å². The van der Waals surface area contributed by atoms with Crippen LogP contribution in [-0.4, -0.2) is 38.2 Å². The molecule has 25 heavy (non-hydrogen) atoms. The zero-order chi connectivity index (χ0) is 17.1. The van der Waals surface area contributed by atoms with E-state index in [1.54, 1.807) is 18.3 Å². The Bertz CT molecular complexity index is 825. The maximum atomic E-state index is 6.02. The number of nitrogens with zero attached hydrogens (tertiary/aromatic N) is 4. The average molecular weight is 354 g/mol. The molecule has 4 rings (SSSR count). The van der Waals surface area contributed by atoms with Crippen molar-refractivity contribution in [2.75, 3.05) is 13.1 Å². The molecule has 0 spiro atoms. The van der Waals surface area contributed by atoms with E-state index in [4.69, 9.17) is 11.6 Å². The van der Waals surface area contributed by atoms with Crippen LogP contribution >= 0.6 is 11.6 Å². The lowest BCUT2D eigenvalue weighted by Crippen LogP contribution is -2.32. The number of H-pyrrole nitrogens is 1. The van der Waals surface area contributed by atoms with Crippen LogP contribution < -0.4 is 0 Å². The Morgan fingerprint density at radius 1 is 1.12 bits per heavy atom. The number of piperidine rings is 1. The first-order valence-electron chi connectivity index (χ1n) is 8.58. The highest BCUT2D eigenvalue weighted by molar-refractivity contribution is 6.30. The summed E-state index contributed by atoms with van der Waals surface area (Å²) in [6.45, 7) is 3.16. The topological polar surface area (TPSA) is 57.7 Å². The first-order valence-corrected chi connectivity index (χ1v) is 8.96. The highest BCUT2D eigenvalue weighted by Crippen LogP contribution is 2.27. The molecular formula is C19H20ClN5. The van der Waals surface area contributed by atoms with Gasteiger partial charge in [0.1, 0.15) is 11.5 Å². The predicted molar refractivity (Wildman–Crippen MR) is 98.3 cm³/mol. The molecule has 0 atom stereocenters. The van der Waals surface area contributed by atoms with Crippen molar-refractivity contribution in [2.24, 2.45) is 0 Å². The van der Waals surface area contributed by atoms with Gasteiger partial charge < -0.3 is 0 Å². The molecule has 5 nitrogen and oxygen atoms in total. The number of hydrogen-bond donors (Lipinski definition) is 1. The number of benzene rings is 1. The van der Waals surface area contributed by atoms with Crippen molar-refractivity contribution in [3.05, 3.63) is 65.1 Å². The molecule has 0 bridgehead atoms. The number of likely N-dealkylation sites (tertiary alicyclic amines) is 1. The SMILES string of the molecule is Clc1ccnc(-c2n[nH]c(C3CCN(Cc4ccccc4)CC3)n2)c1. The van der Waals surface area contributed by atoms with Gasteiger partial charge in [0.2, 0.25) is 0 Å². The quantitative estimate of drug-likeness (QED) is 0.772. The second-order valence-corrected chi connectivity index (χ2v) is 6.88. The molecule has 3 aromatic rings. The minimum absolute atomic E-state index is 0.424. The molecule has 0 saturated carbocycles. The molecule has 0 unspecified atom stereocenters. The highest BCUT2D eigenvalue weighted by atomic mass is 35.5. The van der Waals surface area contributed by atoms with Crippen LogP contribution in [0.25, 0.3) is 11.5 Å². The molecule has 6 heteroatoms. The summed E-state index contributed by atoms with van der Waals surface area (Å²) >= 11 is 6.02. The maximum absolute atomic E-state index is 6.02. The summed E-state index contributed by atoms with van der Waals surface area (Å²) in [5.41, 5.74) is 2.08. The van der Waals surface area contributed by atoms with E-state index in [-0.39, 0.29) is 0 Å². The Labute approximate surface area is 152 Å². The predicted octanol–water partition coefficient (Wildman–Crippen LogP) is 3.90. The zero-order valence-corrected chi connectivity index (χ0v) is 14.7. The van der Waals surface area contributed by atoms with Crippen molar-refractivity contribution in [3.63, 3.8) is 0 Å². The van der Waals surface area contributed by atoms with Gasteiger partial charge in [-0.1, -0.05) is 41.9 Å². The Morgan fingerprint density at radius 3 is 2.68 bits per heavy atom. The van der Waals surface area contributed by atoms with Crippen LogP contribution in [0.15, 0.2) is 48.7 Å². The smallest absolute Gasteiger partial charge is 0.199 e. The second-order valence-electron chi connectivity index (χ2n) is 6.44. The van der Waals surface area contributed by atoms with Gasteiger partial charge in [0.15, 0.2) is 5.82 Å². The lowest BCUT2D eigenvalue weighted by atomic mass is 9.96. The third-order valence-corrected chi connectivity index (χ3v) is 4.91. The highest BCUT2D eigenvalue weighted by Gasteiger charge is 2.23. The minimum atomic E-state index is 0.424. The van der Waals surface area contributed by atoms with Crippen LogP contribution in [0.1, 0.15) is 30.1 Å². The molecule has 2 aromatic heterocycles. The second kappa shape index (κ2) is 7.33. The van der Waals surface area contributed by atoms with Crippen LogP contribution in [0.3, 0.4) is 0 Å². The fourth-order valence-electron chi connectivity index (χ4n) is 3.30. The Kier molecular flexibility index (Phi) is 4.76. The van der Waals surface area contributed by atoms with E-state index < -0.39 is 0 Å². The minimum Gasteiger partial charge on any atom is -0.299 e. The van der Waals surface area contributed by atoms with E-state index >= 15 is 0 Å². The summed E-state index contributed by atoms with van der Waals surface area (Å²) in [6, 6.07) is 14.2. The average Bonchev–Trinajstić information content (AvgIpc) is 3.13. The van der Waals surface area contributed by atoms with Gasteiger partial charge >= 0.3 is 0 Å². The van der Waals surface area contributed by atoms with E-state index in [1.807, 2.05) is 0 Å². The van der Waals surface area contributed by atoms with Gasteiger partial charge in [-0.05, 0) is 43.6 Å². The number of rotatable bonds is 4. The van der Waals surface area contributed by atoms with E-state index in [0.717, 1.165) is 38.3 Å². The summed E-state index contributed by atoms with van der Waals surface area (Å²) in [7, 11) is 0. The number of aromatic amines is 1. The van der Waals surface area contributed by atoms with Gasteiger partial charge in [0, 0.05) is 23.7 Å². The normalized spacial score (nSPS) is 16.2. The maximum Gasteiger partial charge on any atom is 0.199 e. The van der Waals surface area contributed by atoms with Crippen molar-refractivity contribution in [1.82, 2.24) is 25.1 Å². The first kappa shape index (κ1) is 16.2. The van der Waals surface area contributed by atoms with Crippen molar-refractivity contribution in [1.29, 1.82) is 0 Å². The number of nitrogens with one attached hydrogen (secondary N) is 1. The van der Waals surface area contributed by atoms with Gasteiger partial charge in [-0.3, -0.25) is 15.0 Å². The fraction of sp³-hybridized carbons (Fsp3) is 0.316. The van der Waals surface area contributed by atoms with E-state index in [0.29, 0.717) is 22.5 Å². The van der Waals surface area contributed by atoms with E-state index in [1.165, 1.54) is 5.56 Å². The number of pyridine rings is 1. The molecule has 1 aliphatic rings. The van der Waals surface area contributed by atoms with Crippen molar-refractivity contribution in [3.8, 4) is 11.5 Å². The van der Waals surface area contributed by atoms with Crippen LogP contribution in [-0.2, 0) is 6.54 Å². The molecule has 1 saturated heterocycles. The molecule has 0 aliphatic carbocycles. The summed E-state index contributed by atoms with van der Waals surface area (Å²) in [5, 5.41) is 8.06. The number of halogens is 1. The van der Waals surface area contributed by atoms with E-state index in [9.17, 15) is 0 Å². The molecule has 1 N–H and O–H groups in total. The summed E-state index contributed by atoms with van der Waals surface area (Å²) < 4.78 is 0. The molecular weight excluding hydrogens is 334 g/mol. The lowest BCUT2D eigenvalue weighted by Gasteiger charge is -2.30. The molecule has 3 heterocycles. The lowest BCUT2D eigenvalue weighted by molar-refractivity contribution is 0.202. The summed E-state index contributed by atoms with van der Waals surface area (Å²) in [5.74, 6) is 1.99. The van der Waals surface area contributed by atoms with Gasteiger partial charge in [-0.15, -0.1) is 0 Å². The van der Waals surface area contributed by atoms with Crippen LogP contribution in [0.5, 0.6) is 0 Å². The third-order valence-electron chi connectivity index (χ3n) is 4.68. The molecule has 1 fully saturated rings. The number of aromatic nitrogens is 4. The van der Waals surface area contributed by atoms with Gasteiger partial charge in [-0.2, -0.15) is 5.10 Å². The van der Waals surface area contributed by atoms with Gasteiger partial charge in [0.05, 0.1) is 0 Å². The van der Waals surface area contributed by atoms with Gasteiger partial charge in [-0.25, -0.2) is 4.98 Å². The van der Waals surface area contributed by atoms with Crippen LogP contribution in [0.2, 0.25) is 5.02 Å².